The Balaban J connectivity index is 2.00. The van der Waals surface area contributed by atoms with Crippen molar-refractivity contribution in [3.05, 3.63) is 64.4 Å². The van der Waals surface area contributed by atoms with Crippen LogP contribution in [0.2, 0.25) is 5.02 Å². The van der Waals surface area contributed by atoms with Crippen molar-refractivity contribution in [3.8, 4) is 0 Å². The SMILES string of the molecule is CC(C)(C)NC(=O)Cc1ccc(NC(=O)c2ccc(F)cc2Cl)cc1. The van der Waals surface area contributed by atoms with Crippen LogP contribution in [0.15, 0.2) is 42.5 Å². The molecule has 0 aliphatic rings. The normalized spacial score (nSPS) is 11.1. The lowest BCUT2D eigenvalue weighted by Crippen LogP contribution is -2.41. The van der Waals surface area contributed by atoms with Gasteiger partial charge in [-0.15, -0.1) is 0 Å². The zero-order valence-electron chi connectivity index (χ0n) is 14.3. The molecule has 6 heteroatoms. The van der Waals surface area contributed by atoms with Gasteiger partial charge in [0.15, 0.2) is 0 Å². The summed E-state index contributed by atoms with van der Waals surface area (Å²) in [5.74, 6) is -0.995. The highest BCUT2D eigenvalue weighted by molar-refractivity contribution is 6.34. The van der Waals surface area contributed by atoms with E-state index in [1.807, 2.05) is 20.8 Å². The summed E-state index contributed by atoms with van der Waals surface area (Å²) in [6, 6.07) is 10.5. The molecule has 25 heavy (non-hydrogen) atoms. The molecular formula is C19H20ClFN2O2. The molecule has 0 spiro atoms. The maximum atomic E-state index is 13.0. The third-order valence-electron chi connectivity index (χ3n) is 3.27. The van der Waals surface area contributed by atoms with Gasteiger partial charge in [-0.3, -0.25) is 9.59 Å². The van der Waals surface area contributed by atoms with Crippen molar-refractivity contribution >= 4 is 29.1 Å². The Bertz CT molecular complexity index is 783. The maximum Gasteiger partial charge on any atom is 0.257 e. The topological polar surface area (TPSA) is 58.2 Å². The molecule has 0 aromatic heterocycles. The molecule has 2 rings (SSSR count). The van der Waals surface area contributed by atoms with E-state index in [1.165, 1.54) is 12.1 Å². The Kier molecular flexibility index (Phi) is 5.80. The highest BCUT2D eigenvalue weighted by Gasteiger charge is 2.14. The Morgan fingerprint density at radius 3 is 2.28 bits per heavy atom. The molecule has 4 nitrogen and oxygen atoms in total. The number of amides is 2. The van der Waals surface area contributed by atoms with E-state index in [1.54, 1.807) is 24.3 Å². The first-order valence-corrected chi connectivity index (χ1v) is 8.18. The summed E-state index contributed by atoms with van der Waals surface area (Å²) in [6.45, 7) is 5.76. The number of carbonyl (C=O) groups excluding carboxylic acids is 2. The first-order chi connectivity index (χ1) is 11.6. The molecule has 2 aromatic rings. The summed E-state index contributed by atoms with van der Waals surface area (Å²) in [4.78, 5) is 24.1. The lowest BCUT2D eigenvalue weighted by Gasteiger charge is -2.20. The number of hydrogen-bond acceptors (Lipinski definition) is 2. The largest absolute Gasteiger partial charge is 0.351 e. The minimum atomic E-state index is -0.501. The molecule has 0 radical (unpaired) electrons. The molecule has 0 heterocycles. The van der Waals surface area contributed by atoms with Crippen LogP contribution in [0.1, 0.15) is 36.7 Å². The van der Waals surface area contributed by atoms with E-state index in [2.05, 4.69) is 10.6 Å². The molecule has 0 fully saturated rings. The van der Waals surface area contributed by atoms with Gasteiger partial charge in [-0.05, 0) is 56.7 Å². The van der Waals surface area contributed by atoms with E-state index in [4.69, 9.17) is 11.6 Å². The Morgan fingerprint density at radius 2 is 1.72 bits per heavy atom. The average Bonchev–Trinajstić information content (AvgIpc) is 2.47. The fourth-order valence-corrected chi connectivity index (χ4v) is 2.48. The molecule has 2 aromatic carbocycles. The van der Waals surface area contributed by atoms with Gasteiger partial charge >= 0.3 is 0 Å². The predicted molar refractivity (Wildman–Crippen MR) is 97.4 cm³/mol. The molecule has 0 saturated carbocycles. The number of nitrogens with one attached hydrogen (secondary N) is 2. The van der Waals surface area contributed by atoms with Crippen molar-refractivity contribution in [3.63, 3.8) is 0 Å². The predicted octanol–water partition coefficient (Wildman–Crippen LogP) is 4.19. The van der Waals surface area contributed by atoms with Crippen LogP contribution < -0.4 is 10.6 Å². The van der Waals surface area contributed by atoms with Crippen molar-refractivity contribution in [2.45, 2.75) is 32.7 Å². The summed E-state index contributed by atoms with van der Waals surface area (Å²) in [5, 5.41) is 5.63. The van der Waals surface area contributed by atoms with Crippen LogP contribution in [0.5, 0.6) is 0 Å². The smallest absolute Gasteiger partial charge is 0.257 e. The maximum absolute atomic E-state index is 13.0. The Morgan fingerprint density at radius 1 is 1.08 bits per heavy atom. The highest BCUT2D eigenvalue weighted by atomic mass is 35.5. The van der Waals surface area contributed by atoms with Crippen LogP contribution in [-0.2, 0) is 11.2 Å². The van der Waals surface area contributed by atoms with Crippen LogP contribution in [0, 0.1) is 5.82 Å². The third-order valence-corrected chi connectivity index (χ3v) is 3.58. The zero-order valence-corrected chi connectivity index (χ0v) is 15.1. The molecular weight excluding hydrogens is 343 g/mol. The lowest BCUT2D eigenvalue weighted by atomic mass is 10.1. The summed E-state index contributed by atoms with van der Waals surface area (Å²) >= 11 is 5.88. The highest BCUT2D eigenvalue weighted by Crippen LogP contribution is 2.19. The Labute approximate surface area is 151 Å². The van der Waals surface area contributed by atoms with E-state index in [9.17, 15) is 14.0 Å². The lowest BCUT2D eigenvalue weighted by molar-refractivity contribution is -0.121. The minimum Gasteiger partial charge on any atom is -0.351 e. The van der Waals surface area contributed by atoms with Crippen molar-refractivity contribution in [2.75, 3.05) is 5.32 Å². The summed E-state index contributed by atoms with van der Waals surface area (Å²) in [5.41, 5.74) is 1.31. The van der Waals surface area contributed by atoms with E-state index in [0.29, 0.717) is 5.69 Å². The van der Waals surface area contributed by atoms with Gasteiger partial charge in [-0.25, -0.2) is 4.39 Å². The van der Waals surface area contributed by atoms with Crippen molar-refractivity contribution in [2.24, 2.45) is 0 Å². The molecule has 0 aliphatic heterocycles. The number of halogens is 2. The summed E-state index contributed by atoms with van der Waals surface area (Å²) in [7, 11) is 0. The van der Waals surface area contributed by atoms with E-state index in [0.717, 1.165) is 11.6 Å². The van der Waals surface area contributed by atoms with Gasteiger partial charge in [0.1, 0.15) is 5.82 Å². The van der Waals surface area contributed by atoms with E-state index < -0.39 is 11.7 Å². The third kappa shape index (κ3) is 5.87. The quantitative estimate of drug-likeness (QED) is 0.856. The molecule has 2 amide bonds. The van der Waals surface area contributed by atoms with E-state index in [-0.39, 0.29) is 28.5 Å². The van der Waals surface area contributed by atoms with Gasteiger partial charge in [0.05, 0.1) is 17.0 Å². The number of benzene rings is 2. The van der Waals surface area contributed by atoms with Crippen molar-refractivity contribution in [1.29, 1.82) is 0 Å². The number of carbonyl (C=O) groups is 2. The Hall–Kier alpha value is -2.40. The molecule has 132 valence electrons. The van der Waals surface area contributed by atoms with Crippen molar-refractivity contribution in [1.82, 2.24) is 5.32 Å². The van der Waals surface area contributed by atoms with Crippen molar-refractivity contribution < 1.29 is 14.0 Å². The monoisotopic (exact) mass is 362 g/mol. The van der Waals surface area contributed by atoms with Crippen LogP contribution >= 0.6 is 11.6 Å². The second-order valence-corrected chi connectivity index (χ2v) is 7.16. The summed E-state index contributed by atoms with van der Waals surface area (Å²) in [6.07, 6.45) is 0.259. The first kappa shape index (κ1) is 18.9. The molecule has 0 unspecified atom stereocenters. The standard InChI is InChI=1S/C19H20ClFN2O2/c1-19(2,3)23-17(24)10-12-4-7-14(8-5-12)22-18(25)15-9-6-13(21)11-16(15)20/h4-9,11H,10H2,1-3H3,(H,22,25)(H,23,24). The van der Waals surface area contributed by atoms with Gasteiger partial charge in [-0.1, -0.05) is 23.7 Å². The molecule has 0 bridgehead atoms. The molecule has 0 aliphatic carbocycles. The van der Waals surface area contributed by atoms with Crippen LogP contribution in [0.4, 0.5) is 10.1 Å². The van der Waals surface area contributed by atoms with Crippen LogP contribution in [-0.4, -0.2) is 17.4 Å². The first-order valence-electron chi connectivity index (χ1n) is 7.80. The number of hydrogen-bond donors (Lipinski definition) is 2. The van der Waals surface area contributed by atoms with Gasteiger partial charge in [0.25, 0.3) is 5.91 Å². The van der Waals surface area contributed by atoms with Crippen LogP contribution in [0.25, 0.3) is 0 Å². The minimum absolute atomic E-state index is 0.0490. The van der Waals surface area contributed by atoms with Gasteiger partial charge < -0.3 is 10.6 Å². The zero-order chi connectivity index (χ0) is 18.6. The second-order valence-electron chi connectivity index (χ2n) is 6.75. The van der Waals surface area contributed by atoms with Gasteiger partial charge in [0.2, 0.25) is 5.91 Å². The second kappa shape index (κ2) is 7.66. The molecule has 0 saturated heterocycles. The van der Waals surface area contributed by atoms with E-state index >= 15 is 0 Å². The van der Waals surface area contributed by atoms with Crippen LogP contribution in [0.3, 0.4) is 0 Å². The number of rotatable bonds is 4. The fourth-order valence-electron chi connectivity index (χ4n) is 2.23. The van der Waals surface area contributed by atoms with Gasteiger partial charge in [0, 0.05) is 11.2 Å². The average molecular weight is 363 g/mol. The fraction of sp³-hybridized carbons (Fsp3) is 0.263. The number of anilines is 1. The molecule has 2 N–H and O–H groups in total. The molecule has 0 atom stereocenters. The van der Waals surface area contributed by atoms with Gasteiger partial charge in [-0.2, -0.15) is 0 Å². The summed E-state index contributed by atoms with van der Waals surface area (Å²) < 4.78 is 13.0.